The molecule has 0 radical (unpaired) electrons. The zero-order valence-electron chi connectivity index (χ0n) is 17.1. The minimum Gasteiger partial charge on any atom is -0.455 e. The second-order valence-corrected chi connectivity index (χ2v) is 7.99. The SMILES string of the molecule is Cc1c(C(=O)NC2CCCCC2)oc2c1/C(=N/Nc1ccc([N+](=O)[O-])cc1)CCC2. The van der Waals surface area contributed by atoms with Gasteiger partial charge in [0.15, 0.2) is 5.76 Å². The lowest BCUT2D eigenvalue weighted by Gasteiger charge is -2.22. The molecule has 4 rings (SSSR count). The molecule has 30 heavy (non-hydrogen) atoms. The number of aryl methyl sites for hydroxylation is 1. The summed E-state index contributed by atoms with van der Waals surface area (Å²) in [6, 6.07) is 6.34. The Bertz CT molecular complexity index is 972. The third kappa shape index (κ3) is 4.22. The van der Waals surface area contributed by atoms with E-state index in [4.69, 9.17) is 4.42 Å². The summed E-state index contributed by atoms with van der Waals surface area (Å²) in [7, 11) is 0. The fourth-order valence-corrected chi connectivity index (χ4v) is 4.28. The van der Waals surface area contributed by atoms with Crippen LogP contribution >= 0.6 is 0 Å². The molecular formula is C22H26N4O4. The highest BCUT2D eigenvalue weighted by molar-refractivity contribution is 6.06. The molecule has 1 amide bonds. The fourth-order valence-electron chi connectivity index (χ4n) is 4.28. The first-order valence-electron chi connectivity index (χ1n) is 10.5. The number of carbonyl (C=O) groups is 1. The molecule has 0 unspecified atom stereocenters. The van der Waals surface area contributed by atoms with Gasteiger partial charge in [0.1, 0.15) is 5.76 Å². The van der Waals surface area contributed by atoms with Crippen LogP contribution in [0.2, 0.25) is 0 Å². The number of furan rings is 1. The number of carbonyl (C=O) groups excluding carboxylic acids is 1. The number of non-ortho nitro benzene ring substituents is 1. The van der Waals surface area contributed by atoms with Crippen molar-refractivity contribution in [2.24, 2.45) is 5.10 Å². The number of nitro benzene ring substituents is 1. The standard InChI is InChI=1S/C22H26N4O4/c1-14-20-18(25-24-16-10-12-17(13-11-16)26(28)29)8-5-9-19(20)30-21(14)22(27)23-15-6-3-2-4-7-15/h10-13,15,24H,2-9H2,1H3,(H,23,27)/b25-18+. The van der Waals surface area contributed by atoms with E-state index in [-0.39, 0.29) is 17.6 Å². The fraction of sp³-hybridized carbons (Fsp3) is 0.455. The number of nitro groups is 1. The van der Waals surface area contributed by atoms with E-state index in [1.165, 1.54) is 18.6 Å². The molecule has 2 aliphatic carbocycles. The lowest BCUT2D eigenvalue weighted by Crippen LogP contribution is -2.36. The minimum atomic E-state index is -0.433. The van der Waals surface area contributed by atoms with Crippen molar-refractivity contribution >= 4 is 23.0 Å². The van der Waals surface area contributed by atoms with Gasteiger partial charge in [0.05, 0.1) is 16.3 Å². The van der Waals surface area contributed by atoms with Gasteiger partial charge >= 0.3 is 0 Å². The van der Waals surface area contributed by atoms with Crippen molar-refractivity contribution in [1.29, 1.82) is 0 Å². The van der Waals surface area contributed by atoms with E-state index in [1.807, 2.05) is 6.92 Å². The van der Waals surface area contributed by atoms with Crippen LogP contribution in [-0.2, 0) is 6.42 Å². The van der Waals surface area contributed by atoms with Crippen LogP contribution in [0, 0.1) is 17.0 Å². The number of anilines is 1. The van der Waals surface area contributed by atoms with Crippen LogP contribution in [0.4, 0.5) is 11.4 Å². The Morgan fingerprint density at radius 1 is 1.13 bits per heavy atom. The molecule has 1 heterocycles. The normalized spacial score (nSPS) is 18.1. The number of hydrogen-bond donors (Lipinski definition) is 2. The van der Waals surface area contributed by atoms with E-state index >= 15 is 0 Å². The number of amides is 1. The Morgan fingerprint density at radius 2 is 1.87 bits per heavy atom. The van der Waals surface area contributed by atoms with Crippen molar-refractivity contribution in [3.05, 3.63) is 57.0 Å². The number of benzene rings is 1. The average molecular weight is 410 g/mol. The second-order valence-electron chi connectivity index (χ2n) is 7.99. The lowest BCUT2D eigenvalue weighted by atomic mass is 9.93. The van der Waals surface area contributed by atoms with E-state index in [2.05, 4.69) is 15.8 Å². The average Bonchev–Trinajstić information content (AvgIpc) is 3.10. The van der Waals surface area contributed by atoms with Crippen molar-refractivity contribution in [1.82, 2.24) is 5.32 Å². The zero-order valence-corrected chi connectivity index (χ0v) is 17.1. The van der Waals surface area contributed by atoms with E-state index in [9.17, 15) is 14.9 Å². The Morgan fingerprint density at radius 3 is 2.57 bits per heavy atom. The third-order valence-electron chi connectivity index (χ3n) is 5.87. The molecule has 0 aliphatic heterocycles. The summed E-state index contributed by atoms with van der Waals surface area (Å²) in [5.41, 5.74) is 6.24. The van der Waals surface area contributed by atoms with Gasteiger partial charge in [-0.05, 0) is 44.7 Å². The summed E-state index contributed by atoms with van der Waals surface area (Å²) in [5, 5.41) is 18.4. The molecule has 1 saturated carbocycles. The summed E-state index contributed by atoms with van der Waals surface area (Å²) in [4.78, 5) is 23.2. The van der Waals surface area contributed by atoms with Crippen molar-refractivity contribution in [3.8, 4) is 0 Å². The molecule has 158 valence electrons. The van der Waals surface area contributed by atoms with Crippen molar-refractivity contribution in [2.75, 3.05) is 5.43 Å². The van der Waals surface area contributed by atoms with Gasteiger partial charge in [-0.2, -0.15) is 5.10 Å². The van der Waals surface area contributed by atoms with Crippen LogP contribution in [-0.4, -0.2) is 22.6 Å². The maximum atomic E-state index is 12.8. The lowest BCUT2D eigenvalue weighted by molar-refractivity contribution is -0.384. The Labute approximate surface area is 174 Å². The summed E-state index contributed by atoms with van der Waals surface area (Å²) in [6.07, 6.45) is 8.05. The molecule has 1 aromatic carbocycles. The first-order chi connectivity index (χ1) is 14.5. The molecule has 1 aromatic heterocycles. The second kappa shape index (κ2) is 8.69. The van der Waals surface area contributed by atoms with Gasteiger partial charge in [0, 0.05) is 35.7 Å². The number of fused-ring (bicyclic) bond motifs is 1. The molecule has 0 spiro atoms. The molecule has 8 nitrogen and oxygen atoms in total. The summed E-state index contributed by atoms with van der Waals surface area (Å²) in [5.74, 6) is 1.05. The first kappa shape index (κ1) is 20.1. The van der Waals surface area contributed by atoms with Crippen molar-refractivity contribution < 1.29 is 14.1 Å². The number of hydrazone groups is 1. The molecule has 1 fully saturated rings. The topological polar surface area (TPSA) is 110 Å². The predicted octanol–water partition coefficient (Wildman–Crippen LogP) is 4.71. The molecule has 2 aromatic rings. The quantitative estimate of drug-likeness (QED) is 0.548. The smallest absolute Gasteiger partial charge is 0.287 e. The van der Waals surface area contributed by atoms with E-state index in [0.717, 1.165) is 67.5 Å². The van der Waals surface area contributed by atoms with Crippen molar-refractivity contribution in [2.45, 2.75) is 64.3 Å². The van der Waals surface area contributed by atoms with Crippen LogP contribution in [0.1, 0.15) is 72.4 Å². The van der Waals surface area contributed by atoms with Gasteiger partial charge in [0.25, 0.3) is 11.6 Å². The van der Waals surface area contributed by atoms with Gasteiger partial charge in [-0.3, -0.25) is 20.3 Å². The molecular weight excluding hydrogens is 384 g/mol. The van der Waals surface area contributed by atoms with E-state index in [1.54, 1.807) is 12.1 Å². The van der Waals surface area contributed by atoms with Crippen LogP contribution in [0.25, 0.3) is 0 Å². The molecule has 2 aliphatic rings. The number of rotatable bonds is 5. The Hall–Kier alpha value is -3.16. The van der Waals surface area contributed by atoms with Crippen LogP contribution in [0.5, 0.6) is 0 Å². The first-order valence-corrected chi connectivity index (χ1v) is 10.5. The van der Waals surface area contributed by atoms with Gasteiger partial charge in [-0.25, -0.2) is 0 Å². The van der Waals surface area contributed by atoms with Crippen molar-refractivity contribution in [3.63, 3.8) is 0 Å². The molecule has 0 bridgehead atoms. The van der Waals surface area contributed by atoms with Crippen LogP contribution < -0.4 is 10.7 Å². The highest BCUT2D eigenvalue weighted by atomic mass is 16.6. The van der Waals surface area contributed by atoms with Gasteiger partial charge < -0.3 is 9.73 Å². The molecule has 0 saturated heterocycles. The molecule has 2 N–H and O–H groups in total. The summed E-state index contributed by atoms with van der Waals surface area (Å²) in [6.45, 7) is 1.91. The van der Waals surface area contributed by atoms with Crippen LogP contribution in [0.3, 0.4) is 0 Å². The number of nitrogens with one attached hydrogen (secondary N) is 2. The largest absolute Gasteiger partial charge is 0.455 e. The minimum absolute atomic E-state index is 0.0347. The summed E-state index contributed by atoms with van der Waals surface area (Å²) < 4.78 is 5.97. The monoisotopic (exact) mass is 410 g/mol. The van der Waals surface area contributed by atoms with E-state index in [0.29, 0.717) is 11.4 Å². The predicted molar refractivity (Wildman–Crippen MR) is 114 cm³/mol. The maximum Gasteiger partial charge on any atom is 0.287 e. The van der Waals surface area contributed by atoms with Gasteiger partial charge in [0.2, 0.25) is 0 Å². The van der Waals surface area contributed by atoms with Gasteiger partial charge in [-0.15, -0.1) is 0 Å². The molecule has 8 heteroatoms. The number of nitrogens with zero attached hydrogens (tertiary/aromatic N) is 2. The van der Waals surface area contributed by atoms with Crippen LogP contribution in [0.15, 0.2) is 33.8 Å². The summed E-state index contributed by atoms with van der Waals surface area (Å²) >= 11 is 0. The Kier molecular flexibility index (Phi) is 5.83. The third-order valence-corrected chi connectivity index (χ3v) is 5.87. The maximum absolute atomic E-state index is 12.8. The highest BCUT2D eigenvalue weighted by Crippen LogP contribution is 2.30. The van der Waals surface area contributed by atoms with Gasteiger partial charge in [-0.1, -0.05) is 19.3 Å². The van der Waals surface area contributed by atoms with E-state index < -0.39 is 4.92 Å². The number of hydrogen-bond acceptors (Lipinski definition) is 6. The zero-order chi connectivity index (χ0) is 21.1. The Balaban J connectivity index is 1.52. The highest BCUT2D eigenvalue weighted by Gasteiger charge is 2.29. The molecule has 0 atom stereocenters.